The summed E-state index contributed by atoms with van der Waals surface area (Å²) in [5.74, 6) is 0.367. The van der Waals surface area contributed by atoms with Crippen LogP contribution in [0.5, 0.6) is 11.5 Å². The second-order valence-electron chi connectivity index (χ2n) is 8.12. The Balaban J connectivity index is 1.73. The standard InChI is InChI=1S/C18H24N2O3/c1-3-6-18-10-19-8-17(2,16(18)23)9-20(11-18)15(19)12-4-5-13(21)14(22)7-12/h4-5,7,15,21-22H,3,6,8-11H2,1-2H3/p+2. The number of hydrogen-bond acceptors (Lipinski definition) is 3. The van der Waals surface area contributed by atoms with Crippen molar-refractivity contribution in [2.45, 2.75) is 32.9 Å². The predicted octanol–water partition coefficient (Wildman–Crippen LogP) is -0.731. The minimum atomic E-state index is -0.203. The smallest absolute Gasteiger partial charge is 0.240 e. The molecule has 4 heterocycles. The third kappa shape index (κ3) is 1.96. The van der Waals surface area contributed by atoms with Crippen molar-refractivity contribution in [2.24, 2.45) is 10.8 Å². The van der Waals surface area contributed by atoms with Gasteiger partial charge in [-0.15, -0.1) is 0 Å². The van der Waals surface area contributed by atoms with Gasteiger partial charge in [-0.05, 0) is 31.5 Å². The number of Topliss-reactive ketones (excluding diaryl/α,β-unsaturated/α-hetero) is 1. The molecule has 124 valence electrons. The molecule has 0 spiro atoms. The zero-order valence-electron chi connectivity index (χ0n) is 13.9. The number of piperidine rings is 2. The first-order valence-electron chi connectivity index (χ1n) is 8.64. The Bertz CT molecular complexity index is 656. The van der Waals surface area contributed by atoms with Gasteiger partial charge in [0.25, 0.3) is 0 Å². The van der Waals surface area contributed by atoms with Crippen LogP contribution in [-0.2, 0) is 4.79 Å². The summed E-state index contributed by atoms with van der Waals surface area (Å²) >= 11 is 0. The van der Waals surface area contributed by atoms with Gasteiger partial charge in [-0.25, -0.2) is 0 Å². The largest absolute Gasteiger partial charge is 0.504 e. The van der Waals surface area contributed by atoms with Gasteiger partial charge in [-0.2, -0.15) is 0 Å². The summed E-state index contributed by atoms with van der Waals surface area (Å²) in [5.41, 5.74) is 0.707. The Morgan fingerprint density at radius 3 is 2.35 bits per heavy atom. The highest BCUT2D eigenvalue weighted by molar-refractivity contribution is 5.91. The van der Waals surface area contributed by atoms with Crippen molar-refractivity contribution < 1.29 is 24.8 Å². The van der Waals surface area contributed by atoms with Crippen LogP contribution in [-0.4, -0.2) is 42.2 Å². The number of carbonyl (C=O) groups is 1. The number of phenols is 2. The van der Waals surface area contributed by atoms with Crippen LogP contribution >= 0.6 is 0 Å². The molecule has 1 aromatic rings. The molecule has 4 bridgehead atoms. The highest BCUT2D eigenvalue weighted by Gasteiger charge is 2.69. The van der Waals surface area contributed by atoms with E-state index >= 15 is 0 Å². The van der Waals surface area contributed by atoms with Crippen LogP contribution in [0.3, 0.4) is 0 Å². The van der Waals surface area contributed by atoms with E-state index in [9.17, 15) is 15.0 Å². The van der Waals surface area contributed by atoms with Crippen LogP contribution < -0.4 is 9.80 Å². The zero-order valence-corrected chi connectivity index (χ0v) is 13.9. The van der Waals surface area contributed by atoms with Gasteiger partial charge in [-0.3, -0.25) is 14.6 Å². The van der Waals surface area contributed by atoms with Crippen molar-refractivity contribution in [1.29, 1.82) is 0 Å². The van der Waals surface area contributed by atoms with Crippen LogP contribution in [0.2, 0.25) is 0 Å². The van der Waals surface area contributed by atoms with Gasteiger partial charge in [0, 0.05) is 0 Å². The minimum Gasteiger partial charge on any atom is -0.504 e. The Morgan fingerprint density at radius 1 is 1.13 bits per heavy atom. The van der Waals surface area contributed by atoms with E-state index in [1.807, 2.05) is 6.07 Å². The number of aromatic hydroxyl groups is 2. The van der Waals surface area contributed by atoms with Crippen molar-refractivity contribution >= 4 is 5.78 Å². The zero-order chi connectivity index (χ0) is 16.4. The molecule has 1 aromatic carbocycles. The van der Waals surface area contributed by atoms with E-state index in [1.165, 1.54) is 9.80 Å². The lowest BCUT2D eigenvalue weighted by Crippen LogP contribution is -3.41. The molecular formula is C18H26N2O3+2. The molecule has 0 aliphatic carbocycles. The fourth-order valence-corrected chi connectivity index (χ4v) is 5.74. The van der Waals surface area contributed by atoms with Gasteiger partial charge < -0.3 is 10.2 Å². The number of rotatable bonds is 3. The average Bonchev–Trinajstić information content (AvgIpc) is 2.47. The third-order valence-electron chi connectivity index (χ3n) is 6.27. The summed E-state index contributed by atoms with van der Waals surface area (Å²) in [5, 5.41) is 19.4. The molecular weight excluding hydrogens is 292 g/mol. The van der Waals surface area contributed by atoms with Crippen molar-refractivity contribution in [2.75, 3.05) is 26.2 Å². The predicted molar refractivity (Wildman–Crippen MR) is 84.4 cm³/mol. The summed E-state index contributed by atoms with van der Waals surface area (Å²) in [7, 11) is 0. The van der Waals surface area contributed by atoms with E-state index < -0.39 is 0 Å². The quantitative estimate of drug-likeness (QED) is 0.556. The molecule has 4 fully saturated rings. The average molecular weight is 318 g/mol. The van der Waals surface area contributed by atoms with E-state index in [0.29, 0.717) is 5.78 Å². The van der Waals surface area contributed by atoms with Crippen LogP contribution in [0.1, 0.15) is 38.4 Å². The SMILES string of the molecule is CCCC12C[NH+]3CC(C)(C[NH+](C1)C3c1ccc(O)c(O)c1)C2=O. The molecule has 0 saturated carbocycles. The molecule has 5 rings (SSSR count). The minimum absolute atomic E-state index is 0.0527. The molecule has 5 heteroatoms. The number of benzene rings is 1. The maximum absolute atomic E-state index is 13.0. The van der Waals surface area contributed by atoms with E-state index in [1.54, 1.807) is 12.1 Å². The summed E-state index contributed by atoms with van der Waals surface area (Å²) in [6.45, 7) is 7.89. The number of quaternary nitrogens is 2. The molecule has 23 heavy (non-hydrogen) atoms. The van der Waals surface area contributed by atoms with Gasteiger partial charge in [0.15, 0.2) is 17.3 Å². The molecule has 0 aromatic heterocycles. The molecule has 4 saturated heterocycles. The summed E-state index contributed by atoms with van der Waals surface area (Å²) in [4.78, 5) is 16.0. The van der Waals surface area contributed by atoms with Gasteiger partial charge >= 0.3 is 0 Å². The number of phenolic OH excluding ortho intramolecular Hbond substituents is 2. The highest BCUT2D eigenvalue weighted by Crippen LogP contribution is 2.39. The number of carbonyl (C=O) groups excluding carboxylic acids is 1. The third-order valence-corrected chi connectivity index (χ3v) is 6.27. The van der Waals surface area contributed by atoms with Gasteiger partial charge in [0.05, 0.1) is 18.7 Å². The Hall–Kier alpha value is -1.59. The van der Waals surface area contributed by atoms with Crippen LogP contribution in [0.15, 0.2) is 18.2 Å². The van der Waals surface area contributed by atoms with E-state index in [2.05, 4.69) is 13.8 Å². The van der Waals surface area contributed by atoms with Gasteiger partial charge in [0.1, 0.15) is 23.9 Å². The first kappa shape index (κ1) is 15.0. The van der Waals surface area contributed by atoms with Gasteiger partial charge in [-0.1, -0.05) is 13.3 Å². The van der Waals surface area contributed by atoms with Crippen molar-refractivity contribution in [3.05, 3.63) is 23.8 Å². The fraction of sp³-hybridized carbons (Fsp3) is 0.611. The van der Waals surface area contributed by atoms with Crippen molar-refractivity contribution in [3.8, 4) is 11.5 Å². The number of hydrogen-bond donors (Lipinski definition) is 4. The Labute approximate surface area is 136 Å². The molecule has 2 unspecified atom stereocenters. The van der Waals surface area contributed by atoms with Gasteiger partial charge in [0.2, 0.25) is 6.17 Å². The van der Waals surface area contributed by atoms with Crippen molar-refractivity contribution in [1.82, 2.24) is 0 Å². The topological polar surface area (TPSA) is 66.4 Å². The molecule has 2 atom stereocenters. The van der Waals surface area contributed by atoms with Crippen LogP contribution in [0.25, 0.3) is 0 Å². The number of nitrogens with one attached hydrogen (secondary N) is 2. The van der Waals surface area contributed by atoms with E-state index in [-0.39, 0.29) is 28.5 Å². The monoisotopic (exact) mass is 318 g/mol. The second kappa shape index (κ2) is 4.71. The molecule has 0 radical (unpaired) electrons. The maximum atomic E-state index is 13.0. The Morgan fingerprint density at radius 2 is 1.78 bits per heavy atom. The lowest BCUT2D eigenvalue weighted by molar-refractivity contribution is -1.18. The Kier molecular flexibility index (Phi) is 3.06. The molecule has 5 nitrogen and oxygen atoms in total. The molecule has 4 N–H and O–H groups in total. The molecule has 4 aliphatic heterocycles. The lowest BCUT2D eigenvalue weighted by atomic mass is 9.59. The summed E-state index contributed by atoms with van der Waals surface area (Å²) < 4.78 is 0. The fourth-order valence-electron chi connectivity index (χ4n) is 5.74. The maximum Gasteiger partial charge on any atom is 0.240 e. The normalized spacial score (nSPS) is 41.5. The first-order valence-corrected chi connectivity index (χ1v) is 8.64. The number of ketones is 1. The van der Waals surface area contributed by atoms with Crippen LogP contribution in [0, 0.1) is 10.8 Å². The molecule has 0 amide bonds. The first-order chi connectivity index (χ1) is 10.9. The highest BCUT2D eigenvalue weighted by atomic mass is 16.3. The van der Waals surface area contributed by atoms with E-state index in [4.69, 9.17) is 0 Å². The lowest BCUT2D eigenvalue weighted by Gasteiger charge is -2.59. The molecule has 4 aliphatic rings. The van der Waals surface area contributed by atoms with E-state index in [0.717, 1.165) is 44.6 Å². The second-order valence-corrected chi connectivity index (χ2v) is 8.12. The van der Waals surface area contributed by atoms with Crippen LogP contribution in [0.4, 0.5) is 0 Å². The summed E-state index contributed by atoms with van der Waals surface area (Å²) in [6.07, 6.45) is 2.29. The summed E-state index contributed by atoms with van der Waals surface area (Å²) in [6, 6.07) is 5.18. The van der Waals surface area contributed by atoms with Crippen molar-refractivity contribution in [3.63, 3.8) is 0 Å².